The molecule has 1 aliphatic rings. The number of halogens is 2. The summed E-state index contributed by atoms with van der Waals surface area (Å²) >= 11 is 1.52. The molecule has 1 aromatic rings. The Labute approximate surface area is 113 Å². The maximum atomic E-state index is 12.0. The molecule has 0 aliphatic carbocycles. The summed E-state index contributed by atoms with van der Waals surface area (Å²) in [7, 11) is 0. The lowest BCUT2D eigenvalue weighted by atomic mass is 10.0. The van der Waals surface area contributed by atoms with Crippen molar-refractivity contribution in [1.82, 2.24) is 0 Å². The van der Waals surface area contributed by atoms with Crippen LogP contribution in [0.4, 0.5) is 14.5 Å². The minimum atomic E-state index is -2.88. The fraction of sp³-hybridized carbons (Fsp3) is 0.417. The highest BCUT2D eigenvalue weighted by molar-refractivity contribution is 7.99. The van der Waals surface area contributed by atoms with Crippen molar-refractivity contribution in [2.45, 2.75) is 18.6 Å². The molecule has 104 valence electrons. The molecule has 7 heteroatoms. The van der Waals surface area contributed by atoms with Gasteiger partial charge < -0.3 is 15.2 Å². The number of anilines is 1. The Hall–Kier alpha value is -1.34. The zero-order valence-corrected chi connectivity index (χ0v) is 10.8. The van der Waals surface area contributed by atoms with Gasteiger partial charge in [0.15, 0.2) is 5.60 Å². The average Bonchev–Trinajstić information content (AvgIpc) is 2.79. The van der Waals surface area contributed by atoms with Crippen LogP contribution in [0.2, 0.25) is 0 Å². The number of benzene rings is 1. The first-order valence-electron chi connectivity index (χ1n) is 5.66. The van der Waals surface area contributed by atoms with Crippen LogP contribution >= 0.6 is 11.8 Å². The minimum Gasteiger partial charge on any atom is -0.435 e. The molecular weight excluding hydrogens is 276 g/mol. The van der Waals surface area contributed by atoms with Crippen molar-refractivity contribution in [2.24, 2.45) is 0 Å². The van der Waals surface area contributed by atoms with Crippen molar-refractivity contribution in [1.29, 1.82) is 0 Å². The average molecular weight is 289 g/mol. The van der Waals surface area contributed by atoms with Crippen LogP contribution in [0.3, 0.4) is 0 Å². The zero-order chi connectivity index (χ0) is 13.9. The molecule has 0 saturated carbocycles. The van der Waals surface area contributed by atoms with Gasteiger partial charge in [-0.3, -0.25) is 4.79 Å². The summed E-state index contributed by atoms with van der Waals surface area (Å²) in [6.45, 7) is -2.88. The first kappa shape index (κ1) is 14.1. The van der Waals surface area contributed by atoms with Gasteiger partial charge >= 0.3 is 6.61 Å². The smallest absolute Gasteiger partial charge is 0.387 e. The SMILES string of the molecule is O=C(Nc1ccc(OC(F)F)cc1)C1(O)CCSC1. The fourth-order valence-electron chi connectivity index (χ4n) is 1.70. The van der Waals surface area contributed by atoms with E-state index in [9.17, 15) is 18.7 Å². The third-order valence-electron chi connectivity index (χ3n) is 2.76. The normalized spacial score (nSPS) is 22.5. The van der Waals surface area contributed by atoms with Crippen molar-refractivity contribution in [2.75, 3.05) is 16.8 Å². The number of ether oxygens (including phenoxy) is 1. The lowest BCUT2D eigenvalue weighted by Gasteiger charge is -2.20. The first-order valence-corrected chi connectivity index (χ1v) is 6.81. The summed E-state index contributed by atoms with van der Waals surface area (Å²) in [5, 5.41) is 12.6. The van der Waals surface area contributed by atoms with E-state index in [0.717, 1.165) is 5.75 Å². The van der Waals surface area contributed by atoms with E-state index in [2.05, 4.69) is 10.1 Å². The summed E-state index contributed by atoms with van der Waals surface area (Å²) in [5.74, 6) is 0.652. The maximum Gasteiger partial charge on any atom is 0.387 e. The van der Waals surface area contributed by atoms with Gasteiger partial charge in [0.25, 0.3) is 5.91 Å². The molecule has 2 rings (SSSR count). The first-order chi connectivity index (χ1) is 8.99. The summed E-state index contributed by atoms with van der Waals surface area (Å²) in [5.41, 5.74) is -0.917. The molecule has 0 spiro atoms. The van der Waals surface area contributed by atoms with E-state index in [1.165, 1.54) is 36.0 Å². The van der Waals surface area contributed by atoms with Gasteiger partial charge in [-0.25, -0.2) is 0 Å². The molecule has 1 unspecified atom stereocenters. The monoisotopic (exact) mass is 289 g/mol. The van der Waals surface area contributed by atoms with Crippen molar-refractivity contribution in [3.63, 3.8) is 0 Å². The summed E-state index contributed by atoms with van der Waals surface area (Å²) in [6, 6.07) is 5.55. The second-order valence-corrected chi connectivity index (χ2v) is 5.30. The predicted molar refractivity (Wildman–Crippen MR) is 68.6 cm³/mol. The largest absolute Gasteiger partial charge is 0.435 e. The van der Waals surface area contributed by atoms with Crippen molar-refractivity contribution >= 4 is 23.4 Å². The van der Waals surface area contributed by atoms with Gasteiger partial charge in [0, 0.05) is 11.4 Å². The van der Waals surface area contributed by atoms with Crippen LogP contribution in [0.25, 0.3) is 0 Å². The molecule has 1 saturated heterocycles. The molecule has 19 heavy (non-hydrogen) atoms. The number of nitrogens with one attached hydrogen (secondary N) is 1. The Bertz CT molecular complexity index is 447. The molecule has 1 fully saturated rings. The van der Waals surface area contributed by atoms with Crippen molar-refractivity contribution < 1.29 is 23.4 Å². The summed E-state index contributed by atoms with van der Waals surface area (Å²) in [6.07, 6.45) is 0.413. The van der Waals surface area contributed by atoms with E-state index < -0.39 is 18.1 Å². The van der Waals surface area contributed by atoms with E-state index in [1.807, 2.05) is 0 Å². The highest BCUT2D eigenvalue weighted by Gasteiger charge is 2.39. The summed E-state index contributed by atoms with van der Waals surface area (Å²) < 4.78 is 28.1. The number of alkyl halides is 2. The number of aliphatic hydroxyl groups is 1. The van der Waals surface area contributed by atoms with E-state index >= 15 is 0 Å². The number of carbonyl (C=O) groups is 1. The molecule has 1 heterocycles. The highest BCUT2D eigenvalue weighted by Crippen LogP contribution is 2.29. The van der Waals surface area contributed by atoms with Gasteiger partial charge in [0.2, 0.25) is 0 Å². The third-order valence-corrected chi connectivity index (χ3v) is 3.94. The van der Waals surface area contributed by atoms with Crippen LogP contribution in [0.1, 0.15) is 6.42 Å². The van der Waals surface area contributed by atoms with E-state index in [0.29, 0.717) is 17.9 Å². The molecule has 0 aromatic heterocycles. The third kappa shape index (κ3) is 3.57. The van der Waals surface area contributed by atoms with E-state index in [1.54, 1.807) is 0 Å². The molecule has 1 atom stereocenters. The zero-order valence-electron chi connectivity index (χ0n) is 9.94. The lowest BCUT2D eigenvalue weighted by molar-refractivity contribution is -0.131. The second-order valence-electron chi connectivity index (χ2n) is 4.19. The number of rotatable bonds is 4. The van der Waals surface area contributed by atoms with Gasteiger partial charge in [-0.05, 0) is 36.4 Å². The van der Waals surface area contributed by atoms with Crippen LogP contribution in [-0.2, 0) is 4.79 Å². The molecule has 1 aliphatic heterocycles. The summed E-state index contributed by atoms with van der Waals surface area (Å²) in [4.78, 5) is 11.9. The molecule has 2 N–H and O–H groups in total. The van der Waals surface area contributed by atoms with Crippen LogP contribution in [0, 0.1) is 0 Å². The quantitative estimate of drug-likeness (QED) is 0.891. The minimum absolute atomic E-state index is 0.0168. The Morgan fingerprint density at radius 3 is 2.63 bits per heavy atom. The van der Waals surface area contributed by atoms with Crippen LogP contribution < -0.4 is 10.1 Å². The van der Waals surface area contributed by atoms with Gasteiger partial charge in [-0.15, -0.1) is 0 Å². The van der Waals surface area contributed by atoms with E-state index in [-0.39, 0.29) is 5.75 Å². The van der Waals surface area contributed by atoms with Gasteiger partial charge in [0.1, 0.15) is 5.75 Å². The molecule has 4 nitrogen and oxygen atoms in total. The lowest BCUT2D eigenvalue weighted by Crippen LogP contribution is -2.42. The number of hydrogen-bond acceptors (Lipinski definition) is 4. The molecule has 0 bridgehead atoms. The Morgan fingerprint density at radius 2 is 2.11 bits per heavy atom. The fourth-order valence-corrected chi connectivity index (χ4v) is 2.94. The molecule has 1 amide bonds. The molecule has 1 aromatic carbocycles. The number of amides is 1. The van der Waals surface area contributed by atoms with Gasteiger partial charge in [-0.1, -0.05) is 0 Å². The van der Waals surface area contributed by atoms with Gasteiger partial charge in [-0.2, -0.15) is 20.5 Å². The molecule has 0 radical (unpaired) electrons. The van der Waals surface area contributed by atoms with Gasteiger partial charge in [0.05, 0.1) is 0 Å². The topological polar surface area (TPSA) is 58.6 Å². The maximum absolute atomic E-state index is 12.0. The second kappa shape index (κ2) is 5.75. The van der Waals surface area contributed by atoms with Crippen molar-refractivity contribution in [3.8, 4) is 5.75 Å². The van der Waals surface area contributed by atoms with Crippen LogP contribution in [-0.4, -0.2) is 34.7 Å². The van der Waals surface area contributed by atoms with Crippen molar-refractivity contribution in [3.05, 3.63) is 24.3 Å². The van der Waals surface area contributed by atoms with E-state index in [4.69, 9.17) is 0 Å². The molecular formula is C12H13F2NO3S. The van der Waals surface area contributed by atoms with Crippen LogP contribution in [0.5, 0.6) is 5.75 Å². The number of hydrogen-bond donors (Lipinski definition) is 2. The standard InChI is InChI=1S/C12H13F2NO3S/c13-11(14)18-9-3-1-8(2-4-9)15-10(16)12(17)5-6-19-7-12/h1-4,11,17H,5-7H2,(H,15,16). The highest BCUT2D eigenvalue weighted by atomic mass is 32.2. The predicted octanol–water partition coefficient (Wildman–Crippen LogP) is 2.09. The Balaban J connectivity index is 1.97. The number of carbonyl (C=O) groups excluding carboxylic acids is 1. The Morgan fingerprint density at radius 1 is 1.42 bits per heavy atom. The number of thioether (sulfide) groups is 1. The van der Waals surface area contributed by atoms with Crippen LogP contribution in [0.15, 0.2) is 24.3 Å². The Kier molecular flexibility index (Phi) is 4.26.